The van der Waals surface area contributed by atoms with Gasteiger partial charge in [0.2, 0.25) is 5.91 Å². The molecule has 2 N–H and O–H groups in total. The van der Waals surface area contributed by atoms with Crippen LogP contribution in [0.15, 0.2) is 0 Å². The first-order valence-electron chi connectivity index (χ1n) is 19.5. The van der Waals surface area contributed by atoms with Gasteiger partial charge < -0.3 is 34.4 Å². The Morgan fingerprint density at radius 2 is 1.77 bits per heavy atom. The van der Waals surface area contributed by atoms with E-state index in [9.17, 15) is 14.7 Å². The molecule has 0 radical (unpaired) electrons. The average molecular weight is 672 g/mol. The van der Waals surface area contributed by atoms with Crippen molar-refractivity contribution in [3.63, 3.8) is 0 Å². The van der Waals surface area contributed by atoms with E-state index in [1.807, 2.05) is 32.7 Å². The van der Waals surface area contributed by atoms with Crippen molar-refractivity contribution in [2.45, 2.75) is 137 Å². The number of aliphatic hydroxyl groups is 1. The number of nitrogens with one attached hydrogen (secondary N) is 1. The third-order valence-electron chi connectivity index (χ3n) is 16.1. The number of nitrogens with zero attached hydrogens (tertiary/aromatic N) is 2. The molecular formula is C39H65N3O6. The lowest BCUT2D eigenvalue weighted by Gasteiger charge is -2.64. The molecule has 2 saturated heterocycles. The number of carbonyl (C=O) groups excluding carboxylic acids is 2. The van der Waals surface area contributed by atoms with Crippen molar-refractivity contribution in [3.8, 4) is 0 Å². The molecule has 5 saturated carbocycles. The van der Waals surface area contributed by atoms with Crippen LogP contribution in [0.1, 0.15) is 107 Å². The number of urea groups is 1. The summed E-state index contributed by atoms with van der Waals surface area (Å²) < 4.78 is 19.8. The molecular weight excluding hydrogens is 606 g/mol. The fourth-order valence-electron chi connectivity index (χ4n) is 13.9. The molecule has 2 heterocycles. The second-order valence-electron chi connectivity index (χ2n) is 18.7. The molecule has 3 amide bonds. The fraction of sp³-hybridized carbons (Fsp3) is 0.949. The van der Waals surface area contributed by atoms with Gasteiger partial charge in [-0.05, 0) is 104 Å². The summed E-state index contributed by atoms with van der Waals surface area (Å²) in [7, 11) is 1.85. The summed E-state index contributed by atoms with van der Waals surface area (Å²) in [5, 5.41) is 15.4. The highest BCUT2D eigenvalue weighted by atomic mass is 16.7. The van der Waals surface area contributed by atoms with Crippen LogP contribution in [0.5, 0.6) is 0 Å². The number of aliphatic hydroxyl groups excluding tert-OH is 1. The molecule has 0 aromatic heterocycles. The van der Waals surface area contributed by atoms with Crippen LogP contribution in [0.4, 0.5) is 4.79 Å². The Morgan fingerprint density at radius 3 is 2.48 bits per heavy atom. The van der Waals surface area contributed by atoms with Crippen molar-refractivity contribution >= 4 is 11.9 Å². The molecule has 272 valence electrons. The molecule has 9 heteroatoms. The van der Waals surface area contributed by atoms with Crippen molar-refractivity contribution in [1.82, 2.24) is 15.1 Å². The summed E-state index contributed by atoms with van der Waals surface area (Å²) in [4.78, 5) is 28.9. The first-order valence-corrected chi connectivity index (χ1v) is 19.5. The van der Waals surface area contributed by atoms with Crippen LogP contribution < -0.4 is 5.32 Å². The minimum absolute atomic E-state index is 0.00525. The maximum atomic E-state index is 12.8. The molecule has 13 atom stereocenters. The molecule has 0 aromatic rings. The fourth-order valence-corrected chi connectivity index (χ4v) is 13.9. The van der Waals surface area contributed by atoms with Crippen molar-refractivity contribution in [2.75, 3.05) is 39.8 Å². The Hall–Kier alpha value is -1.42. The number of amides is 3. The van der Waals surface area contributed by atoms with E-state index in [0.717, 1.165) is 25.7 Å². The molecule has 2 aliphatic heterocycles. The van der Waals surface area contributed by atoms with E-state index in [2.05, 4.69) is 39.9 Å². The quantitative estimate of drug-likeness (QED) is 0.377. The van der Waals surface area contributed by atoms with Gasteiger partial charge in [-0.3, -0.25) is 4.79 Å². The van der Waals surface area contributed by atoms with Crippen LogP contribution in [0.2, 0.25) is 0 Å². The van der Waals surface area contributed by atoms with Gasteiger partial charge in [0.25, 0.3) is 0 Å². The summed E-state index contributed by atoms with van der Waals surface area (Å²) in [5.74, 6) is 1.98. The van der Waals surface area contributed by atoms with Crippen LogP contribution in [-0.2, 0) is 19.0 Å². The highest BCUT2D eigenvalue weighted by molar-refractivity contribution is 5.78. The predicted molar refractivity (Wildman–Crippen MR) is 184 cm³/mol. The van der Waals surface area contributed by atoms with Crippen molar-refractivity contribution in [3.05, 3.63) is 0 Å². The van der Waals surface area contributed by atoms with Crippen LogP contribution in [-0.4, -0.2) is 97.4 Å². The number of rotatable bonds is 6. The molecule has 2 spiro atoms. The number of morpholine rings is 1. The smallest absolute Gasteiger partial charge is 0.317 e. The number of carbonyl (C=O) groups is 2. The van der Waals surface area contributed by atoms with Gasteiger partial charge in [-0.1, -0.05) is 48.5 Å². The van der Waals surface area contributed by atoms with Gasteiger partial charge in [-0.15, -0.1) is 0 Å². The minimum Gasteiger partial charge on any atom is -0.390 e. The monoisotopic (exact) mass is 671 g/mol. The Balaban J connectivity index is 1.09. The molecule has 0 aromatic carbocycles. The Morgan fingerprint density at radius 1 is 1.06 bits per heavy atom. The van der Waals surface area contributed by atoms with Crippen molar-refractivity contribution in [1.29, 1.82) is 0 Å². The van der Waals surface area contributed by atoms with Gasteiger partial charge in [0.05, 0.1) is 37.6 Å². The maximum Gasteiger partial charge on any atom is 0.317 e. The zero-order chi connectivity index (χ0) is 34.6. The summed E-state index contributed by atoms with van der Waals surface area (Å²) >= 11 is 0. The maximum absolute atomic E-state index is 12.8. The zero-order valence-electron chi connectivity index (χ0n) is 31.3. The lowest BCUT2D eigenvalue weighted by molar-refractivity contribution is -0.248. The summed E-state index contributed by atoms with van der Waals surface area (Å²) in [6, 6.07) is -0.0642. The number of hydrogen-bond donors (Lipinski definition) is 2. The highest BCUT2D eigenvalue weighted by Gasteiger charge is 2.84. The van der Waals surface area contributed by atoms with Crippen LogP contribution >= 0.6 is 0 Å². The standard InChI is InChI=1S/C39H65N3O6/c1-10-40-34(45)41(9)20-25-19-24(4)30-31(47-25)32(43)37(8)27-12-11-26-35(5,6)28(48-29-21-42(17-18-46-29)33(44)23(2)3)13-14-38(26)22-39(27,38)16-15-36(30,37)7/h23-32,43H,10-22H2,1-9H3,(H,40,45)/t24-,25?,26+,27?,28?,29+,30?,31?,32+,36?,37-,38?,39?/m1/s1. The van der Waals surface area contributed by atoms with Crippen LogP contribution in [0.25, 0.3) is 0 Å². The lowest BCUT2D eigenvalue weighted by Crippen LogP contribution is -2.60. The Kier molecular flexibility index (Phi) is 8.61. The predicted octanol–water partition coefficient (Wildman–Crippen LogP) is 5.69. The average Bonchev–Trinajstić information content (AvgIpc) is 3.67. The summed E-state index contributed by atoms with van der Waals surface area (Å²) in [5.41, 5.74) is 0.417. The molecule has 7 rings (SSSR count). The van der Waals surface area contributed by atoms with Gasteiger partial charge in [0.1, 0.15) is 0 Å². The lowest BCUT2D eigenvalue weighted by atomic mass is 9.41. The SMILES string of the molecule is CCNC(=O)N(C)CC1C[C@@H](C)C2C(O1)[C@H](O)[C@@]1(C)C3CC[C@H]4C(C)(C)C(O[C@H]5CN(C(=O)C(C)C)CCO5)CCC45CC35CCC21C. The van der Waals surface area contributed by atoms with Crippen molar-refractivity contribution < 1.29 is 28.9 Å². The molecule has 7 aliphatic rings. The van der Waals surface area contributed by atoms with Crippen LogP contribution in [0.3, 0.4) is 0 Å². The van der Waals surface area contributed by atoms with E-state index < -0.39 is 6.10 Å². The minimum atomic E-state index is -0.503. The summed E-state index contributed by atoms with van der Waals surface area (Å²) in [6.45, 7) is 20.9. The zero-order valence-corrected chi connectivity index (χ0v) is 31.3. The Labute approximate surface area is 289 Å². The van der Waals surface area contributed by atoms with E-state index in [4.69, 9.17) is 14.2 Å². The van der Waals surface area contributed by atoms with Crippen molar-refractivity contribution in [2.24, 2.45) is 56.7 Å². The third-order valence-corrected chi connectivity index (χ3v) is 16.1. The largest absolute Gasteiger partial charge is 0.390 e. The molecule has 7 fully saturated rings. The second kappa shape index (κ2) is 11.8. The number of hydrogen-bond acceptors (Lipinski definition) is 6. The third kappa shape index (κ3) is 4.74. The Bertz CT molecular complexity index is 1280. The molecule has 5 aliphatic carbocycles. The normalized spacial score (nSPS) is 48.8. The van der Waals surface area contributed by atoms with E-state index >= 15 is 0 Å². The van der Waals surface area contributed by atoms with E-state index in [1.165, 1.54) is 25.7 Å². The highest BCUT2D eigenvalue weighted by Crippen LogP contribution is 2.89. The number of likely N-dealkylation sites (N-methyl/N-ethyl adjacent to an activating group) is 1. The molecule has 8 unspecified atom stereocenters. The topological polar surface area (TPSA) is 101 Å². The van der Waals surface area contributed by atoms with Crippen LogP contribution in [0, 0.1) is 56.7 Å². The van der Waals surface area contributed by atoms with Gasteiger partial charge in [-0.25, -0.2) is 4.79 Å². The van der Waals surface area contributed by atoms with Gasteiger partial charge in [0, 0.05) is 38.0 Å². The summed E-state index contributed by atoms with van der Waals surface area (Å²) in [6.07, 6.45) is 8.15. The second-order valence-corrected chi connectivity index (χ2v) is 18.7. The first kappa shape index (κ1) is 35.0. The molecule has 0 bridgehead atoms. The molecule has 9 nitrogen and oxygen atoms in total. The van der Waals surface area contributed by atoms with Gasteiger partial charge >= 0.3 is 6.03 Å². The van der Waals surface area contributed by atoms with E-state index in [-0.39, 0.29) is 64.1 Å². The number of ether oxygens (including phenoxy) is 3. The van der Waals surface area contributed by atoms with E-state index in [0.29, 0.717) is 61.9 Å². The number of fused-ring (bicyclic) bond motifs is 4. The van der Waals surface area contributed by atoms with Gasteiger partial charge in [-0.2, -0.15) is 0 Å². The first-order chi connectivity index (χ1) is 22.6. The van der Waals surface area contributed by atoms with E-state index in [1.54, 1.807) is 4.90 Å². The molecule has 48 heavy (non-hydrogen) atoms. The van der Waals surface area contributed by atoms with Gasteiger partial charge in [0.15, 0.2) is 6.29 Å².